The van der Waals surface area contributed by atoms with Crippen LogP contribution in [0.4, 0.5) is 0 Å². The number of hydrogen-bond acceptors (Lipinski definition) is 2. The molecule has 0 saturated heterocycles. The van der Waals surface area contributed by atoms with Crippen molar-refractivity contribution < 1.29 is 9.05 Å². The second kappa shape index (κ2) is 21.6. The van der Waals surface area contributed by atoms with Crippen LogP contribution in [-0.4, -0.2) is 0 Å². The molecule has 0 unspecified atom stereocenters. The van der Waals surface area contributed by atoms with Gasteiger partial charge in [0.1, 0.15) is 11.5 Å². The average molecular weight is 803 g/mol. The van der Waals surface area contributed by atoms with Gasteiger partial charge in [-0.3, -0.25) is 0 Å². The third kappa shape index (κ3) is 10.9. The number of unbranched alkanes of at least 4 members (excludes halogenated alkanes) is 4. The highest BCUT2D eigenvalue weighted by atomic mass is 31.1. The summed E-state index contributed by atoms with van der Waals surface area (Å²) < 4.78 is 13.7. The van der Waals surface area contributed by atoms with E-state index in [1.807, 2.05) is 0 Å². The molecule has 2 nitrogen and oxygen atoms in total. The van der Waals surface area contributed by atoms with Gasteiger partial charge in [0.25, 0.3) is 9.03 Å². The Morgan fingerprint density at radius 1 is 0.373 bits per heavy atom. The van der Waals surface area contributed by atoms with Gasteiger partial charge >= 0.3 is 0 Å². The molecule has 59 heavy (non-hydrogen) atoms. The maximum Gasteiger partial charge on any atom is 0.275 e. The van der Waals surface area contributed by atoms with Crippen LogP contribution < -0.4 is 9.05 Å². The first-order valence-electron chi connectivity index (χ1n) is 22.5. The van der Waals surface area contributed by atoms with Crippen LogP contribution in [-0.2, 0) is 25.7 Å². The maximum atomic E-state index is 6.84. The highest BCUT2D eigenvalue weighted by Gasteiger charge is 2.19. The van der Waals surface area contributed by atoms with Crippen molar-refractivity contribution in [3.05, 3.63) is 154 Å². The van der Waals surface area contributed by atoms with E-state index in [1.165, 1.54) is 129 Å². The quantitative estimate of drug-likeness (QED) is 0.0716. The van der Waals surface area contributed by atoms with Crippen LogP contribution in [0.3, 0.4) is 0 Å². The molecule has 6 aromatic carbocycles. The second-order valence-corrected chi connectivity index (χ2v) is 17.2. The number of aryl methyl sites for hydroxylation is 8. The van der Waals surface area contributed by atoms with Crippen LogP contribution in [0.1, 0.15) is 124 Å². The fourth-order valence-electron chi connectivity index (χ4n) is 8.30. The lowest BCUT2D eigenvalue weighted by molar-refractivity contribution is 0.518. The molecule has 308 valence electrons. The van der Waals surface area contributed by atoms with E-state index in [2.05, 4.69) is 165 Å². The minimum Gasteiger partial charge on any atom is -0.440 e. The van der Waals surface area contributed by atoms with Gasteiger partial charge in [-0.2, -0.15) is 0 Å². The van der Waals surface area contributed by atoms with Gasteiger partial charge in [0.2, 0.25) is 0 Å². The zero-order valence-corrected chi connectivity index (χ0v) is 38.2. The van der Waals surface area contributed by atoms with Crippen LogP contribution in [0.2, 0.25) is 0 Å². The van der Waals surface area contributed by atoms with Gasteiger partial charge in [0.15, 0.2) is 0 Å². The van der Waals surface area contributed by atoms with Crippen molar-refractivity contribution in [2.75, 3.05) is 0 Å². The fourth-order valence-corrected chi connectivity index (χ4v) is 8.86. The molecular weight excluding hydrogens is 736 g/mol. The smallest absolute Gasteiger partial charge is 0.275 e. The Morgan fingerprint density at radius 2 is 0.678 bits per heavy atom. The first-order valence-corrected chi connectivity index (χ1v) is 23.3. The number of hydrogen-bond donors (Lipinski definition) is 0. The van der Waals surface area contributed by atoms with Gasteiger partial charge in [-0.25, -0.2) is 0 Å². The molecule has 0 aliphatic rings. The molecule has 0 radical (unpaired) electrons. The molecule has 0 aliphatic carbocycles. The Balaban J connectivity index is 1.43. The van der Waals surface area contributed by atoms with Gasteiger partial charge in [-0.15, -0.1) is 0 Å². The van der Waals surface area contributed by atoms with E-state index >= 15 is 0 Å². The summed E-state index contributed by atoms with van der Waals surface area (Å²) in [6, 6.07) is 40.9. The highest BCUT2D eigenvalue weighted by Crippen LogP contribution is 2.46. The van der Waals surface area contributed by atoms with Crippen molar-refractivity contribution in [3.8, 4) is 56.0 Å². The Bertz CT molecular complexity index is 2150. The van der Waals surface area contributed by atoms with Gasteiger partial charge in [0.05, 0.1) is 0 Å². The monoisotopic (exact) mass is 802 g/mol. The molecule has 0 heterocycles. The zero-order valence-electron chi connectivity index (χ0n) is 37.2. The Labute approximate surface area is 358 Å². The van der Waals surface area contributed by atoms with Crippen LogP contribution in [0.15, 0.2) is 109 Å². The van der Waals surface area contributed by atoms with Crippen molar-refractivity contribution in [3.63, 3.8) is 0 Å². The summed E-state index contributed by atoms with van der Waals surface area (Å²) in [7, 11) is -0.241. The molecule has 0 saturated carbocycles. The first-order chi connectivity index (χ1) is 28.8. The molecule has 3 heteroatoms. The molecule has 0 spiro atoms. The third-order valence-corrected chi connectivity index (χ3v) is 12.8. The predicted octanol–water partition coefficient (Wildman–Crippen LogP) is 16.9. The molecule has 6 aromatic rings. The lowest BCUT2D eigenvalue weighted by Crippen LogP contribution is -1.97. The van der Waals surface area contributed by atoms with E-state index in [9.17, 15) is 0 Å². The second-order valence-electron chi connectivity index (χ2n) is 16.6. The van der Waals surface area contributed by atoms with Crippen molar-refractivity contribution in [1.29, 1.82) is 0 Å². The molecule has 0 atom stereocenters. The lowest BCUT2D eigenvalue weighted by Gasteiger charge is -2.20. The summed E-state index contributed by atoms with van der Waals surface area (Å²) in [4.78, 5) is 0. The van der Waals surface area contributed by atoms with Crippen LogP contribution in [0, 0.1) is 27.7 Å². The lowest BCUT2D eigenvalue weighted by atomic mass is 9.89. The fraction of sp³-hybridized carbons (Fsp3) is 0.357. The first kappa shape index (κ1) is 43.9. The summed E-state index contributed by atoms with van der Waals surface area (Å²) in [5, 5.41) is 0. The van der Waals surface area contributed by atoms with E-state index in [1.54, 1.807) is 0 Å². The summed E-state index contributed by atoms with van der Waals surface area (Å²) in [6.07, 6.45) is 13.8. The Kier molecular flexibility index (Phi) is 16.0. The topological polar surface area (TPSA) is 18.5 Å². The van der Waals surface area contributed by atoms with E-state index in [0.717, 1.165) is 48.3 Å². The summed E-state index contributed by atoms with van der Waals surface area (Å²) in [5.74, 6) is 1.69. The minimum absolute atomic E-state index is 0.241. The van der Waals surface area contributed by atoms with Crippen LogP contribution in [0.25, 0.3) is 44.5 Å². The van der Waals surface area contributed by atoms with Crippen LogP contribution >= 0.6 is 9.03 Å². The van der Waals surface area contributed by atoms with Gasteiger partial charge in [0, 0.05) is 11.1 Å². The molecule has 0 N–H and O–H groups in total. The van der Waals surface area contributed by atoms with Crippen molar-refractivity contribution >= 4 is 9.03 Å². The van der Waals surface area contributed by atoms with Gasteiger partial charge in [-0.1, -0.05) is 150 Å². The SMILES string of the molecule is CCCCc1cc(-c2cccc(OPOc3cccc(-c4ccc(C)c(CCCC)c4)c3-c3ccc(C)c(CCCC)c3)c2-c2ccc(C)c(CCCC)c2)ccc1C. The van der Waals surface area contributed by atoms with E-state index in [4.69, 9.17) is 9.05 Å². The summed E-state index contributed by atoms with van der Waals surface area (Å²) >= 11 is 0. The zero-order chi connectivity index (χ0) is 41.7. The molecule has 6 rings (SSSR count). The molecule has 0 aromatic heterocycles. The number of rotatable bonds is 20. The Hall–Kier alpha value is -4.65. The molecule has 0 bridgehead atoms. The van der Waals surface area contributed by atoms with Gasteiger partial charge in [-0.05, 0) is 169 Å². The van der Waals surface area contributed by atoms with E-state index < -0.39 is 0 Å². The van der Waals surface area contributed by atoms with E-state index in [0.29, 0.717) is 0 Å². The van der Waals surface area contributed by atoms with Crippen LogP contribution in [0.5, 0.6) is 11.5 Å². The summed E-state index contributed by atoms with van der Waals surface area (Å²) in [5.41, 5.74) is 20.5. The molecular formula is C56H67O2P. The van der Waals surface area contributed by atoms with Crippen molar-refractivity contribution in [2.45, 2.75) is 132 Å². The largest absolute Gasteiger partial charge is 0.440 e. The van der Waals surface area contributed by atoms with Crippen molar-refractivity contribution in [2.24, 2.45) is 0 Å². The third-order valence-electron chi connectivity index (χ3n) is 12.2. The maximum absolute atomic E-state index is 6.84. The molecule has 0 fully saturated rings. The average Bonchev–Trinajstić information content (AvgIpc) is 3.25. The Morgan fingerprint density at radius 3 is 1.00 bits per heavy atom. The molecule has 0 aliphatic heterocycles. The van der Waals surface area contributed by atoms with Gasteiger partial charge < -0.3 is 9.05 Å². The predicted molar refractivity (Wildman–Crippen MR) is 258 cm³/mol. The highest BCUT2D eigenvalue weighted by molar-refractivity contribution is 7.27. The van der Waals surface area contributed by atoms with E-state index in [-0.39, 0.29) is 9.03 Å². The minimum atomic E-state index is -0.241. The molecule has 0 amide bonds. The number of benzene rings is 6. The normalized spacial score (nSPS) is 11.3. The van der Waals surface area contributed by atoms with Crippen molar-refractivity contribution in [1.82, 2.24) is 0 Å². The standard InChI is InChI=1S/C56H67O2P/c1-9-13-19-43-35-47(31-27-39(43)5)51-23-17-25-53(55(51)49-33-29-41(7)45(37-49)21-15-11-3)57-59-58-54-26-18-24-52(48-32-28-40(6)44(36-48)20-14-10-2)56(54)50-34-30-42(8)46(38-50)22-16-12-4/h17-18,23-38,59H,9-16,19-22H2,1-8H3. The summed E-state index contributed by atoms with van der Waals surface area (Å²) in [6.45, 7) is 18.0.